The predicted octanol–water partition coefficient (Wildman–Crippen LogP) is 11.9. The Morgan fingerprint density at radius 3 is 1.78 bits per heavy atom. The highest BCUT2D eigenvalue weighted by atomic mass is 32.1. The van der Waals surface area contributed by atoms with Gasteiger partial charge in [0.05, 0.1) is 62.4 Å². The van der Waals surface area contributed by atoms with Crippen LogP contribution in [0.5, 0.6) is 0 Å². The number of nitrogens with one attached hydrogen (secondary N) is 5. The molecule has 0 spiro atoms. The van der Waals surface area contributed by atoms with Crippen LogP contribution in [0, 0.1) is 23.7 Å². The Bertz CT molecular complexity index is 3420. The fourth-order valence-corrected chi connectivity index (χ4v) is 14.2. The fraction of sp³-hybridized carbons (Fsp3) is 0.478. The number of hydrogen-bond acceptors (Lipinski definition) is 13. The van der Waals surface area contributed by atoms with Crippen LogP contribution in [0.4, 0.5) is 20.1 Å². The maximum Gasteiger partial charge on any atom is 0.407 e. The van der Waals surface area contributed by atoms with E-state index in [9.17, 15) is 38.7 Å². The summed E-state index contributed by atoms with van der Waals surface area (Å²) in [6.07, 6.45) is 11.6. The van der Waals surface area contributed by atoms with Gasteiger partial charge in [0.1, 0.15) is 28.6 Å². The molecule has 0 bridgehead atoms. The normalized spacial score (nSPS) is 20.7. The van der Waals surface area contributed by atoms with Crippen molar-refractivity contribution in [2.75, 3.05) is 45.4 Å². The standard InChI is InChI=1S/C67H82N10O11S/c1-40(2)57(74-67(85)87-5)63(80)76-35-10-14-54(76)60-70-39-52(72-60)46-27-23-44(24-28-46)43-21-25-45(26-22-43)51-38-69-59(71-51)53-13-9-34-75(53)62(79)50(73-66(84)86-4)31-33-68-65(83)88-36-32-42-17-29-49(30-18-42)77(61(78)48-19-15-41(3)16-20-48)55-37-56(89-58(55)64(81)82)47-11-7-6-8-12-47/h6-8,11-12,21-28,37-42,48-50,53-54,57H,9-10,13-20,29-36H2,1-5H3,(H,68,83)(H,69,71)(H,70,72)(H,73,84)(H,74,85)(H,81,82)/t41?,42?,48?,49?,50-,53-,54-,57-/m0/s1. The number of carbonyl (C=O) groups is 7. The highest BCUT2D eigenvalue weighted by molar-refractivity contribution is 7.18. The van der Waals surface area contributed by atoms with Crippen LogP contribution in [-0.4, -0.2) is 135 Å². The Balaban J connectivity index is 0.698. The first-order valence-corrected chi connectivity index (χ1v) is 32.2. The van der Waals surface area contributed by atoms with Gasteiger partial charge in [0.2, 0.25) is 17.7 Å². The Hall–Kier alpha value is -8.53. The van der Waals surface area contributed by atoms with E-state index in [1.807, 2.05) is 91.5 Å². The van der Waals surface area contributed by atoms with E-state index >= 15 is 0 Å². The molecule has 21 nitrogen and oxygen atoms in total. The SMILES string of the molecule is COC(=O)N[C@@H](CCNC(=O)OCCC1CCC(N(C(=O)C2CCC(C)CC2)c2cc(-c3ccccc3)sc2C(=O)O)CC1)C(=O)N1CCC[C@H]1c1ncc(-c2ccc(-c3ccc(-c4cnc([C@@H]5CCCN5C(=O)[C@@H](NC(=O)OC)C(C)C)[nH]4)cc3)cc2)[nH]1. The predicted molar refractivity (Wildman–Crippen MR) is 338 cm³/mol. The van der Waals surface area contributed by atoms with E-state index in [1.165, 1.54) is 25.6 Å². The van der Waals surface area contributed by atoms with Gasteiger partial charge in [-0.25, -0.2) is 29.1 Å². The van der Waals surface area contributed by atoms with Gasteiger partial charge in [-0.05, 0) is 142 Å². The minimum Gasteiger partial charge on any atom is -0.477 e. The first kappa shape index (κ1) is 63.5. The minimum absolute atomic E-state index is 0.0152. The molecule has 3 aromatic heterocycles. The zero-order valence-corrected chi connectivity index (χ0v) is 52.2. The van der Waals surface area contributed by atoms with Gasteiger partial charge >= 0.3 is 24.2 Å². The summed E-state index contributed by atoms with van der Waals surface area (Å²) < 4.78 is 15.3. The number of amides is 6. The van der Waals surface area contributed by atoms with E-state index in [2.05, 4.69) is 45.0 Å². The van der Waals surface area contributed by atoms with Crippen LogP contribution in [0.15, 0.2) is 97.3 Å². The van der Waals surface area contributed by atoms with Gasteiger partial charge in [-0.3, -0.25) is 14.4 Å². The number of thiophene rings is 1. The van der Waals surface area contributed by atoms with Crippen molar-refractivity contribution >= 4 is 59.0 Å². The van der Waals surface area contributed by atoms with Gasteiger partial charge in [-0.1, -0.05) is 99.6 Å². The van der Waals surface area contributed by atoms with E-state index in [0.29, 0.717) is 62.0 Å². The molecular formula is C67H82N10O11S. The molecular weight excluding hydrogens is 1150 g/mol. The molecule has 89 heavy (non-hydrogen) atoms. The molecule has 5 heterocycles. The van der Waals surface area contributed by atoms with Gasteiger partial charge in [-0.2, -0.15) is 0 Å². The zero-order valence-electron chi connectivity index (χ0n) is 51.3. The second-order valence-corrected chi connectivity index (χ2v) is 25.5. The number of aromatic amines is 2. The van der Waals surface area contributed by atoms with Crippen molar-refractivity contribution in [3.05, 3.63) is 114 Å². The van der Waals surface area contributed by atoms with Crippen LogP contribution in [0.2, 0.25) is 0 Å². The summed E-state index contributed by atoms with van der Waals surface area (Å²) in [7, 11) is 2.51. The first-order valence-electron chi connectivity index (χ1n) is 31.3. The van der Waals surface area contributed by atoms with Gasteiger partial charge in [0.15, 0.2) is 0 Å². The number of benzene rings is 3. The molecule has 2 saturated heterocycles. The van der Waals surface area contributed by atoms with E-state index in [4.69, 9.17) is 24.2 Å². The number of imidazole rings is 2. The van der Waals surface area contributed by atoms with Crippen LogP contribution >= 0.6 is 11.3 Å². The van der Waals surface area contributed by atoms with Gasteiger partial charge in [-0.15, -0.1) is 11.3 Å². The average Bonchev–Trinajstić information content (AvgIpc) is 1.78. The second-order valence-electron chi connectivity index (χ2n) is 24.4. The number of methoxy groups -OCH3 is 2. The molecule has 4 atom stereocenters. The van der Waals surface area contributed by atoms with Crippen LogP contribution in [0.1, 0.15) is 144 Å². The highest BCUT2D eigenvalue weighted by Gasteiger charge is 2.41. The molecule has 0 unspecified atom stereocenters. The van der Waals surface area contributed by atoms with Crippen molar-refractivity contribution in [2.24, 2.45) is 23.7 Å². The topological polar surface area (TPSA) is 271 Å². The molecule has 22 heteroatoms. The molecule has 2 saturated carbocycles. The van der Waals surface area contributed by atoms with Crippen LogP contribution in [-0.2, 0) is 28.6 Å². The number of anilines is 1. The summed E-state index contributed by atoms with van der Waals surface area (Å²) in [6.45, 7) is 7.22. The zero-order chi connectivity index (χ0) is 62.7. The second kappa shape index (κ2) is 29.2. The molecule has 4 aliphatic rings. The number of rotatable bonds is 21. The number of hydrogen-bond donors (Lipinski definition) is 6. The number of carbonyl (C=O) groups excluding carboxylic acids is 6. The molecule has 6 N–H and O–H groups in total. The Morgan fingerprint density at radius 1 is 0.674 bits per heavy atom. The lowest BCUT2D eigenvalue weighted by Gasteiger charge is -2.39. The molecule has 6 aromatic rings. The van der Waals surface area contributed by atoms with Gasteiger partial charge in [0, 0.05) is 36.5 Å². The summed E-state index contributed by atoms with van der Waals surface area (Å²) in [5, 5.41) is 18.6. The number of alkyl carbamates (subject to hydrolysis) is 3. The van der Waals surface area contributed by atoms with Crippen LogP contribution in [0.25, 0.3) is 44.1 Å². The quantitative estimate of drug-likeness (QED) is 0.0366. The van der Waals surface area contributed by atoms with Crippen LogP contribution < -0.4 is 20.9 Å². The largest absolute Gasteiger partial charge is 0.477 e. The number of nitrogens with zero attached hydrogens (tertiary/aromatic N) is 5. The third-order valence-corrected chi connectivity index (χ3v) is 19.4. The molecule has 10 rings (SSSR count). The molecule has 6 amide bonds. The van der Waals surface area contributed by atoms with E-state index in [1.54, 1.807) is 22.2 Å². The Labute approximate surface area is 523 Å². The summed E-state index contributed by atoms with van der Waals surface area (Å²) in [4.78, 5) is 116. The van der Waals surface area contributed by atoms with Crippen molar-refractivity contribution in [1.82, 2.24) is 45.7 Å². The average molecular weight is 1240 g/mol. The minimum atomic E-state index is -1.04. The van der Waals surface area contributed by atoms with E-state index in [0.717, 1.165) is 102 Å². The van der Waals surface area contributed by atoms with Crippen molar-refractivity contribution in [2.45, 2.75) is 141 Å². The number of aromatic carboxylic acids is 1. The molecule has 2 aliphatic heterocycles. The van der Waals surface area contributed by atoms with Crippen LogP contribution in [0.3, 0.4) is 0 Å². The number of carboxylic acid groups (broad SMARTS) is 1. The molecule has 0 radical (unpaired) electrons. The maximum atomic E-state index is 14.5. The van der Waals surface area contributed by atoms with E-state index in [-0.39, 0.29) is 78.1 Å². The smallest absolute Gasteiger partial charge is 0.407 e. The Morgan fingerprint density at radius 2 is 1.22 bits per heavy atom. The lowest BCUT2D eigenvalue weighted by Crippen LogP contribution is -2.51. The summed E-state index contributed by atoms with van der Waals surface area (Å²) in [5.74, 6) is 0.312. The lowest BCUT2D eigenvalue weighted by molar-refractivity contribution is -0.135. The van der Waals surface area contributed by atoms with Crippen molar-refractivity contribution < 1.29 is 52.9 Å². The van der Waals surface area contributed by atoms with Crippen molar-refractivity contribution in [3.63, 3.8) is 0 Å². The number of likely N-dealkylation sites (tertiary alicyclic amines) is 2. The van der Waals surface area contributed by atoms with Crippen molar-refractivity contribution in [1.29, 1.82) is 0 Å². The number of aromatic nitrogens is 4. The molecule has 2 aliphatic carbocycles. The van der Waals surface area contributed by atoms with Gasteiger partial charge < -0.3 is 59.9 Å². The highest BCUT2D eigenvalue weighted by Crippen LogP contribution is 2.43. The number of ether oxygens (including phenoxy) is 3. The summed E-state index contributed by atoms with van der Waals surface area (Å²) in [5.41, 5.74) is 6.87. The first-order chi connectivity index (χ1) is 43.1. The lowest BCUT2D eigenvalue weighted by atomic mass is 9.80. The van der Waals surface area contributed by atoms with Crippen molar-refractivity contribution in [3.8, 4) is 44.1 Å². The molecule has 3 aromatic carbocycles. The fourth-order valence-electron chi connectivity index (χ4n) is 13.2. The third-order valence-electron chi connectivity index (χ3n) is 18.3. The third kappa shape index (κ3) is 15.1. The number of H-pyrrole nitrogens is 2. The Kier molecular flexibility index (Phi) is 20.8. The molecule has 4 fully saturated rings. The summed E-state index contributed by atoms with van der Waals surface area (Å²) >= 11 is 1.21. The molecule has 472 valence electrons. The number of carboxylic acids is 1. The monoisotopic (exact) mass is 1230 g/mol. The maximum absolute atomic E-state index is 14.5. The van der Waals surface area contributed by atoms with Gasteiger partial charge in [0.25, 0.3) is 0 Å². The summed E-state index contributed by atoms with van der Waals surface area (Å²) in [6, 6.07) is 25.3. The van der Waals surface area contributed by atoms with E-state index < -0.39 is 36.3 Å².